The topological polar surface area (TPSA) is 70.7 Å². The van der Waals surface area contributed by atoms with Crippen molar-refractivity contribution in [3.05, 3.63) is 0 Å². The molecule has 3 heterocycles. The van der Waals surface area contributed by atoms with Crippen LogP contribution in [0.25, 0.3) is 0 Å². The maximum absolute atomic E-state index is 12.3. The van der Waals surface area contributed by atoms with Crippen LogP contribution < -0.4 is 10.6 Å². The van der Waals surface area contributed by atoms with Crippen LogP contribution in [0.4, 0.5) is 4.79 Å². The molecular formula is C16H27N3O3S. The largest absolute Gasteiger partial charge is 0.372 e. The SMILES string of the molecule is CC1CN(C(=O)CCCC[C@@H]2SC[C@@H]3NC(=O)N[C@@H]32)CC(C)O1. The summed E-state index contributed by atoms with van der Waals surface area (Å²) in [6.07, 6.45) is 3.92. The lowest BCUT2D eigenvalue weighted by atomic mass is 10.0. The van der Waals surface area contributed by atoms with Gasteiger partial charge in [0.05, 0.1) is 24.3 Å². The van der Waals surface area contributed by atoms with Gasteiger partial charge in [0, 0.05) is 30.5 Å². The van der Waals surface area contributed by atoms with Crippen molar-refractivity contribution in [1.82, 2.24) is 15.5 Å². The van der Waals surface area contributed by atoms with Gasteiger partial charge in [0.2, 0.25) is 5.91 Å². The molecule has 130 valence electrons. The molecular weight excluding hydrogens is 314 g/mol. The van der Waals surface area contributed by atoms with E-state index in [2.05, 4.69) is 10.6 Å². The summed E-state index contributed by atoms with van der Waals surface area (Å²) in [7, 11) is 0. The molecule has 23 heavy (non-hydrogen) atoms. The van der Waals surface area contributed by atoms with Gasteiger partial charge in [-0.05, 0) is 26.7 Å². The molecule has 2 unspecified atom stereocenters. The second-order valence-corrected chi connectivity index (χ2v) is 8.20. The number of carbonyl (C=O) groups is 2. The highest BCUT2D eigenvalue weighted by molar-refractivity contribution is 8.00. The number of fused-ring (bicyclic) bond motifs is 1. The summed E-state index contributed by atoms with van der Waals surface area (Å²) in [4.78, 5) is 25.6. The lowest BCUT2D eigenvalue weighted by Gasteiger charge is -2.35. The summed E-state index contributed by atoms with van der Waals surface area (Å²) in [6.45, 7) is 5.47. The van der Waals surface area contributed by atoms with Gasteiger partial charge in [-0.2, -0.15) is 11.8 Å². The molecule has 0 radical (unpaired) electrons. The van der Waals surface area contributed by atoms with Crippen LogP contribution in [-0.4, -0.2) is 65.2 Å². The molecule has 3 amide bonds. The van der Waals surface area contributed by atoms with Gasteiger partial charge < -0.3 is 20.3 Å². The van der Waals surface area contributed by atoms with E-state index in [-0.39, 0.29) is 36.2 Å². The molecule has 3 aliphatic rings. The standard InChI is InChI=1S/C16H27N3O3S/c1-10-7-19(8-11(2)22-10)14(20)6-4-3-5-13-15-12(9-23-13)17-16(21)18-15/h10-13,15H,3-9H2,1-2H3,(H2,17,18,21)/t10?,11?,12-,13-,15-/m0/s1. The fourth-order valence-corrected chi connectivity index (χ4v) is 5.35. The van der Waals surface area contributed by atoms with E-state index in [1.807, 2.05) is 30.5 Å². The molecule has 6 nitrogen and oxygen atoms in total. The Bertz CT molecular complexity index is 452. The van der Waals surface area contributed by atoms with Crippen molar-refractivity contribution in [1.29, 1.82) is 0 Å². The van der Waals surface area contributed by atoms with E-state index in [0.29, 0.717) is 24.8 Å². The highest BCUT2D eigenvalue weighted by Gasteiger charge is 2.42. The van der Waals surface area contributed by atoms with Crippen molar-refractivity contribution >= 4 is 23.7 Å². The van der Waals surface area contributed by atoms with E-state index in [4.69, 9.17) is 4.74 Å². The van der Waals surface area contributed by atoms with Gasteiger partial charge >= 0.3 is 6.03 Å². The summed E-state index contributed by atoms with van der Waals surface area (Å²) in [6, 6.07) is 0.524. The first-order valence-electron chi connectivity index (χ1n) is 8.65. The number of thioether (sulfide) groups is 1. The Balaban J connectivity index is 1.35. The van der Waals surface area contributed by atoms with E-state index in [0.717, 1.165) is 25.0 Å². The Labute approximate surface area is 142 Å². The summed E-state index contributed by atoms with van der Waals surface area (Å²) < 4.78 is 5.67. The van der Waals surface area contributed by atoms with Crippen molar-refractivity contribution in [3.8, 4) is 0 Å². The number of nitrogens with one attached hydrogen (secondary N) is 2. The third-order valence-corrected chi connectivity index (χ3v) is 6.35. The van der Waals surface area contributed by atoms with Crippen LogP contribution >= 0.6 is 11.8 Å². The van der Waals surface area contributed by atoms with E-state index < -0.39 is 0 Å². The number of hydrogen-bond donors (Lipinski definition) is 2. The quantitative estimate of drug-likeness (QED) is 0.585. The van der Waals surface area contributed by atoms with Crippen molar-refractivity contribution in [2.24, 2.45) is 0 Å². The molecule has 0 aliphatic carbocycles. The number of hydrogen-bond acceptors (Lipinski definition) is 4. The zero-order chi connectivity index (χ0) is 16.4. The Hall–Kier alpha value is -0.950. The van der Waals surface area contributed by atoms with Crippen LogP contribution in [0.5, 0.6) is 0 Å². The normalized spacial score (nSPS) is 36.5. The number of amides is 3. The predicted octanol–water partition coefficient (Wildman–Crippen LogP) is 1.35. The highest BCUT2D eigenvalue weighted by atomic mass is 32.2. The maximum Gasteiger partial charge on any atom is 0.315 e. The molecule has 7 heteroatoms. The minimum absolute atomic E-state index is 0.0314. The summed E-state index contributed by atoms with van der Waals surface area (Å²) in [5, 5.41) is 6.46. The summed E-state index contributed by atoms with van der Waals surface area (Å²) in [5.41, 5.74) is 0. The number of morpholine rings is 1. The molecule has 0 aromatic carbocycles. The molecule has 3 fully saturated rings. The first-order chi connectivity index (χ1) is 11.0. The zero-order valence-electron chi connectivity index (χ0n) is 13.9. The van der Waals surface area contributed by atoms with Crippen LogP contribution in [0, 0.1) is 0 Å². The smallest absolute Gasteiger partial charge is 0.315 e. The molecule has 0 spiro atoms. The van der Waals surface area contributed by atoms with Crippen molar-refractivity contribution < 1.29 is 14.3 Å². The van der Waals surface area contributed by atoms with Crippen molar-refractivity contribution in [3.63, 3.8) is 0 Å². The Morgan fingerprint density at radius 2 is 2.00 bits per heavy atom. The summed E-state index contributed by atoms with van der Waals surface area (Å²) >= 11 is 1.93. The second kappa shape index (κ2) is 7.30. The van der Waals surface area contributed by atoms with Crippen LogP contribution in [0.15, 0.2) is 0 Å². The summed E-state index contributed by atoms with van der Waals surface area (Å²) in [5.74, 6) is 1.25. The molecule has 3 aliphatic heterocycles. The minimum atomic E-state index is -0.0314. The third-order valence-electron chi connectivity index (χ3n) is 4.84. The number of urea groups is 1. The molecule has 0 aromatic heterocycles. The van der Waals surface area contributed by atoms with Crippen LogP contribution in [0.2, 0.25) is 0 Å². The maximum atomic E-state index is 12.3. The fraction of sp³-hybridized carbons (Fsp3) is 0.875. The fourth-order valence-electron chi connectivity index (χ4n) is 3.80. The molecule has 3 rings (SSSR count). The Morgan fingerprint density at radius 1 is 1.26 bits per heavy atom. The lowest BCUT2D eigenvalue weighted by Crippen LogP contribution is -2.48. The van der Waals surface area contributed by atoms with Crippen LogP contribution in [0.3, 0.4) is 0 Å². The average molecular weight is 341 g/mol. The van der Waals surface area contributed by atoms with Crippen LogP contribution in [-0.2, 0) is 9.53 Å². The molecule has 5 atom stereocenters. The third kappa shape index (κ3) is 4.12. The van der Waals surface area contributed by atoms with E-state index in [9.17, 15) is 9.59 Å². The van der Waals surface area contributed by atoms with Crippen LogP contribution in [0.1, 0.15) is 39.5 Å². The van der Waals surface area contributed by atoms with E-state index >= 15 is 0 Å². The van der Waals surface area contributed by atoms with Gasteiger partial charge in [-0.25, -0.2) is 4.79 Å². The van der Waals surface area contributed by atoms with Gasteiger partial charge in [-0.15, -0.1) is 0 Å². The molecule has 2 N–H and O–H groups in total. The van der Waals surface area contributed by atoms with Crippen molar-refractivity contribution in [2.45, 2.75) is 69.1 Å². The molecule has 0 aromatic rings. The van der Waals surface area contributed by atoms with E-state index in [1.54, 1.807) is 0 Å². The number of ether oxygens (including phenoxy) is 1. The van der Waals surface area contributed by atoms with Gasteiger partial charge in [-0.1, -0.05) is 6.42 Å². The molecule has 3 saturated heterocycles. The molecule has 0 bridgehead atoms. The van der Waals surface area contributed by atoms with Gasteiger partial charge in [0.1, 0.15) is 0 Å². The minimum Gasteiger partial charge on any atom is -0.372 e. The number of carbonyl (C=O) groups excluding carboxylic acids is 2. The first kappa shape index (κ1) is 16.9. The lowest BCUT2D eigenvalue weighted by molar-refractivity contribution is -0.143. The Kier molecular flexibility index (Phi) is 5.36. The van der Waals surface area contributed by atoms with Gasteiger partial charge in [-0.3, -0.25) is 4.79 Å². The molecule has 0 saturated carbocycles. The number of unbranched alkanes of at least 4 members (excludes halogenated alkanes) is 1. The van der Waals surface area contributed by atoms with Gasteiger partial charge in [0.25, 0.3) is 0 Å². The highest BCUT2D eigenvalue weighted by Crippen LogP contribution is 2.33. The van der Waals surface area contributed by atoms with E-state index in [1.165, 1.54) is 0 Å². The monoisotopic (exact) mass is 341 g/mol. The number of nitrogens with zero attached hydrogens (tertiary/aromatic N) is 1. The average Bonchev–Trinajstić information content (AvgIpc) is 3.02. The Morgan fingerprint density at radius 3 is 2.74 bits per heavy atom. The van der Waals surface area contributed by atoms with Crippen molar-refractivity contribution in [2.75, 3.05) is 18.8 Å². The number of rotatable bonds is 5. The van der Waals surface area contributed by atoms with Gasteiger partial charge in [0.15, 0.2) is 0 Å². The predicted molar refractivity (Wildman–Crippen MR) is 90.5 cm³/mol. The zero-order valence-corrected chi connectivity index (χ0v) is 14.7. The second-order valence-electron chi connectivity index (χ2n) is 6.92. The first-order valence-corrected chi connectivity index (χ1v) is 9.69.